The molecule has 10 rings (SSSR count). The third-order valence-electron chi connectivity index (χ3n) is 12.9. The second-order valence-corrected chi connectivity index (χ2v) is 17.5. The Balaban J connectivity index is 0.843. The van der Waals surface area contributed by atoms with Crippen LogP contribution in [0.4, 0.5) is 0 Å². The second kappa shape index (κ2) is 20.1. The monoisotopic (exact) mass is 936 g/mol. The molecule has 0 saturated heterocycles. The van der Waals surface area contributed by atoms with Crippen molar-refractivity contribution in [2.75, 3.05) is 33.0 Å². The summed E-state index contributed by atoms with van der Waals surface area (Å²) in [4.78, 5) is 25.5. The normalized spacial score (nSPS) is 13.1. The van der Waals surface area contributed by atoms with E-state index in [-0.39, 0.29) is 33.0 Å². The fourth-order valence-corrected chi connectivity index (χ4v) is 9.43. The fraction of sp³-hybridized carbons (Fsp3) is 0.129. The van der Waals surface area contributed by atoms with Crippen molar-refractivity contribution in [1.82, 2.24) is 0 Å². The van der Waals surface area contributed by atoms with Crippen LogP contribution in [0.15, 0.2) is 189 Å². The van der Waals surface area contributed by atoms with Gasteiger partial charge in [0.05, 0.1) is 16.5 Å². The maximum atomic E-state index is 12.9. The van der Waals surface area contributed by atoms with Gasteiger partial charge in [-0.3, -0.25) is 0 Å². The summed E-state index contributed by atoms with van der Waals surface area (Å²) in [5, 5.41) is 27.1. The Bertz CT molecular complexity index is 3470. The molecule has 1 aliphatic carbocycles. The number of hydrogen-bond donors (Lipinski definition) is 2. The molecule has 2 atom stereocenters. The van der Waals surface area contributed by atoms with Crippen molar-refractivity contribution in [3.05, 3.63) is 228 Å². The van der Waals surface area contributed by atoms with Crippen molar-refractivity contribution >= 4 is 50.3 Å². The first-order valence-corrected chi connectivity index (χ1v) is 23.3. The molecule has 9 nitrogen and oxygen atoms in total. The molecule has 0 aromatic heterocycles. The van der Waals surface area contributed by atoms with E-state index in [1.807, 2.05) is 54.6 Å². The Morgan fingerprint density at radius 3 is 1.44 bits per heavy atom. The highest BCUT2D eigenvalue weighted by molar-refractivity contribution is 5.96. The number of benzene rings is 9. The highest BCUT2D eigenvalue weighted by Crippen LogP contribution is 2.56. The maximum absolute atomic E-state index is 12.9. The van der Waals surface area contributed by atoms with Crippen LogP contribution in [0, 0.1) is 12.3 Å². The van der Waals surface area contributed by atoms with E-state index in [9.17, 15) is 19.8 Å². The first kappa shape index (κ1) is 46.1. The number of aliphatic hydroxyl groups excluding tert-OH is 2. The van der Waals surface area contributed by atoms with Crippen molar-refractivity contribution in [3.8, 4) is 40.7 Å². The van der Waals surface area contributed by atoms with Gasteiger partial charge in [0.1, 0.15) is 62.5 Å². The smallest absolute Gasteiger partial charge is 0.338 e. The van der Waals surface area contributed by atoms with Crippen LogP contribution in [-0.2, 0) is 14.9 Å². The summed E-state index contributed by atoms with van der Waals surface area (Å²) < 4.78 is 28.3. The minimum atomic E-state index is -1.06. The predicted molar refractivity (Wildman–Crippen MR) is 277 cm³/mol. The number of aliphatic hydroxyl groups is 2. The van der Waals surface area contributed by atoms with Crippen molar-refractivity contribution < 1.29 is 43.5 Å². The molecule has 0 fully saturated rings. The van der Waals surface area contributed by atoms with Crippen molar-refractivity contribution in [2.24, 2.45) is 0 Å². The first-order chi connectivity index (χ1) is 34.7. The Hall–Kier alpha value is -8.68. The number of rotatable bonds is 17. The quantitative estimate of drug-likeness (QED) is 0.0679. The maximum Gasteiger partial charge on any atom is 0.338 e. The number of terminal acetylenes is 1. The van der Waals surface area contributed by atoms with E-state index in [0.717, 1.165) is 49.0 Å². The summed E-state index contributed by atoms with van der Waals surface area (Å²) in [5.74, 6) is 3.17. The van der Waals surface area contributed by atoms with Crippen LogP contribution >= 0.6 is 0 Å². The molecule has 350 valence electrons. The third-order valence-corrected chi connectivity index (χ3v) is 12.9. The van der Waals surface area contributed by atoms with E-state index in [0.29, 0.717) is 28.4 Å². The predicted octanol–water partition coefficient (Wildman–Crippen LogP) is 11.4. The largest absolute Gasteiger partial charge is 0.491 e. The van der Waals surface area contributed by atoms with E-state index in [4.69, 9.17) is 30.1 Å². The summed E-state index contributed by atoms with van der Waals surface area (Å²) in [6.45, 7) is 3.32. The lowest BCUT2D eigenvalue weighted by Crippen LogP contribution is -2.28. The van der Waals surface area contributed by atoms with Gasteiger partial charge in [0, 0.05) is 0 Å². The molecule has 1 aliphatic rings. The molecule has 0 aliphatic heterocycles. The number of ether oxygens (including phenoxy) is 5. The van der Waals surface area contributed by atoms with Gasteiger partial charge >= 0.3 is 11.9 Å². The van der Waals surface area contributed by atoms with Crippen LogP contribution in [0.5, 0.6) is 17.2 Å². The molecule has 0 amide bonds. The lowest BCUT2D eigenvalue weighted by atomic mass is 9.67. The highest BCUT2D eigenvalue weighted by atomic mass is 16.6. The molecule has 2 unspecified atom stereocenters. The standard InChI is InChI=1S/C62H48O9/c1-3-29-67-53-26-21-42-30-48(18-17-45(42)33-53)61(66)71-39-52(64)37-69-55-28-23-44-32-50(25-20-47(44)35-55)62(58-11-7-5-9-56(58)57-10-6-8-12-59(57)62)49-24-19-46-34-54(27-22-43(46)31-49)68-36-51(63)38-70-60(65)41-15-13-40(4-2)14-16-41/h1,4-28,30-35,51-52,63-64H,2,29,36-39H2. The Morgan fingerprint density at radius 2 is 0.930 bits per heavy atom. The molecule has 0 saturated carbocycles. The van der Waals surface area contributed by atoms with Crippen molar-refractivity contribution in [3.63, 3.8) is 0 Å². The van der Waals surface area contributed by atoms with Gasteiger partial charge in [-0.1, -0.05) is 128 Å². The molecule has 9 aromatic rings. The molecule has 0 radical (unpaired) electrons. The molecule has 9 aromatic carbocycles. The van der Waals surface area contributed by atoms with Crippen LogP contribution < -0.4 is 14.2 Å². The van der Waals surface area contributed by atoms with Gasteiger partial charge in [-0.25, -0.2) is 9.59 Å². The number of fused-ring (bicyclic) bond motifs is 6. The topological polar surface area (TPSA) is 121 Å². The lowest BCUT2D eigenvalue weighted by molar-refractivity contribution is 0.0127. The van der Waals surface area contributed by atoms with Crippen molar-refractivity contribution in [1.29, 1.82) is 0 Å². The van der Waals surface area contributed by atoms with Crippen LogP contribution in [0.1, 0.15) is 48.5 Å². The van der Waals surface area contributed by atoms with E-state index >= 15 is 0 Å². The van der Waals surface area contributed by atoms with Gasteiger partial charge in [-0.15, -0.1) is 6.42 Å². The summed E-state index contributed by atoms with van der Waals surface area (Å²) in [6.07, 6.45) is 4.92. The minimum Gasteiger partial charge on any atom is -0.491 e. The molecule has 9 heteroatoms. The second-order valence-electron chi connectivity index (χ2n) is 17.5. The summed E-state index contributed by atoms with van der Waals surface area (Å²) in [7, 11) is 0. The van der Waals surface area contributed by atoms with Gasteiger partial charge < -0.3 is 33.9 Å². The van der Waals surface area contributed by atoms with Gasteiger partial charge in [0.25, 0.3) is 0 Å². The minimum absolute atomic E-state index is 0.0565. The van der Waals surface area contributed by atoms with Crippen LogP contribution in [0.25, 0.3) is 49.5 Å². The first-order valence-electron chi connectivity index (χ1n) is 23.3. The Morgan fingerprint density at radius 1 is 0.507 bits per heavy atom. The SMILES string of the molecule is C#CCOc1ccc2cc(C(=O)OCC(O)COc3ccc4cc(C5(c6ccc7cc(OCC(O)COC(=O)c8ccc(C=C)cc8)ccc7c6)c6ccccc6-c6ccccc65)ccc4c3)ccc2c1. The van der Waals surface area contributed by atoms with Crippen molar-refractivity contribution in [2.45, 2.75) is 17.6 Å². The van der Waals surface area contributed by atoms with Gasteiger partial charge in [-0.2, -0.15) is 0 Å². The molecular formula is C62H48O9. The Kier molecular flexibility index (Phi) is 13.1. The third kappa shape index (κ3) is 9.42. The molecule has 0 heterocycles. The zero-order valence-electron chi connectivity index (χ0n) is 38.6. The zero-order chi connectivity index (χ0) is 48.9. The van der Waals surface area contributed by atoms with Gasteiger partial charge in [0.15, 0.2) is 0 Å². The number of carbonyl (C=O) groups excluding carboxylic acids is 2. The van der Waals surface area contributed by atoms with Crippen LogP contribution in [0.3, 0.4) is 0 Å². The molecule has 71 heavy (non-hydrogen) atoms. The Labute approximate surface area is 411 Å². The van der Waals surface area contributed by atoms with Gasteiger partial charge in [-0.05, 0) is 144 Å². The van der Waals surface area contributed by atoms with Crippen LogP contribution in [0.2, 0.25) is 0 Å². The number of carbonyl (C=O) groups is 2. The molecular weight excluding hydrogens is 889 g/mol. The average molecular weight is 937 g/mol. The van der Waals surface area contributed by atoms with E-state index < -0.39 is 29.6 Å². The zero-order valence-corrected chi connectivity index (χ0v) is 38.6. The van der Waals surface area contributed by atoms with E-state index in [1.165, 1.54) is 22.3 Å². The van der Waals surface area contributed by atoms with Gasteiger partial charge in [0.2, 0.25) is 0 Å². The molecule has 0 bridgehead atoms. The fourth-order valence-electron chi connectivity index (χ4n) is 9.43. The van der Waals surface area contributed by atoms with Crippen LogP contribution in [-0.4, -0.2) is 67.4 Å². The number of esters is 2. The van der Waals surface area contributed by atoms with E-state index in [2.05, 4.69) is 97.4 Å². The van der Waals surface area contributed by atoms with E-state index in [1.54, 1.807) is 48.5 Å². The lowest BCUT2D eigenvalue weighted by Gasteiger charge is -2.34. The average Bonchev–Trinajstić information content (AvgIpc) is 3.72. The molecule has 0 spiro atoms. The molecule has 2 N–H and O–H groups in total. The summed E-state index contributed by atoms with van der Waals surface area (Å²) in [5.41, 5.74) is 7.89. The highest BCUT2D eigenvalue weighted by Gasteiger charge is 2.46. The summed E-state index contributed by atoms with van der Waals surface area (Å²) in [6, 6.07) is 59.6. The summed E-state index contributed by atoms with van der Waals surface area (Å²) >= 11 is 0. The number of hydrogen-bond acceptors (Lipinski definition) is 9.